The molecule has 164 valence electrons. The van der Waals surface area contributed by atoms with Crippen molar-refractivity contribution in [1.29, 1.82) is 0 Å². The Morgan fingerprint density at radius 2 is 1.84 bits per heavy atom. The molecule has 0 unspecified atom stereocenters. The molecule has 0 spiro atoms. The van der Waals surface area contributed by atoms with Gasteiger partial charge in [0.15, 0.2) is 0 Å². The molecule has 3 heterocycles. The van der Waals surface area contributed by atoms with Crippen LogP contribution in [0.4, 0.5) is 17.7 Å². The predicted molar refractivity (Wildman–Crippen MR) is 119 cm³/mol. The summed E-state index contributed by atoms with van der Waals surface area (Å²) < 4.78 is 16.4. The van der Waals surface area contributed by atoms with Gasteiger partial charge in [0, 0.05) is 44.0 Å². The standard InChI is InChI=1S/C22H28N6O3/c1-26(2)10-11-28(20-8-9-23-22(24-20)27-12-14-30-15-13-27)21-16-19(25-31-21)17-4-6-18(29-3)7-5-17/h4-9,16H,10-15H2,1-3H3. The van der Waals surface area contributed by atoms with Crippen molar-refractivity contribution in [3.8, 4) is 17.0 Å². The summed E-state index contributed by atoms with van der Waals surface area (Å²) in [4.78, 5) is 15.6. The Labute approximate surface area is 182 Å². The zero-order chi connectivity index (χ0) is 21.6. The van der Waals surface area contributed by atoms with Gasteiger partial charge in [0.25, 0.3) is 0 Å². The van der Waals surface area contributed by atoms with E-state index in [1.807, 2.05) is 55.4 Å². The van der Waals surface area contributed by atoms with E-state index in [9.17, 15) is 0 Å². The van der Waals surface area contributed by atoms with Crippen LogP contribution in [0.5, 0.6) is 5.75 Å². The summed E-state index contributed by atoms with van der Waals surface area (Å²) in [7, 11) is 5.74. The highest BCUT2D eigenvalue weighted by Crippen LogP contribution is 2.30. The maximum atomic E-state index is 5.74. The van der Waals surface area contributed by atoms with E-state index in [0.717, 1.165) is 42.5 Å². The zero-order valence-electron chi connectivity index (χ0n) is 18.2. The molecule has 4 rings (SSSR count). The molecule has 0 saturated carbocycles. The number of ether oxygens (including phenoxy) is 2. The van der Waals surface area contributed by atoms with Crippen molar-refractivity contribution >= 4 is 17.7 Å². The van der Waals surface area contributed by atoms with E-state index in [1.165, 1.54) is 0 Å². The van der Waals surface area contributed by atoms with Crippen LogP contribution in [0.25, 0.3) is 11.3 Å². The maximum absolute atomic E-state index is 5.74. The number of methoxy groups -OCH3 is 1. The van der Waals surface area contributed by atoms with Crippen molar-refractivity contribution in [3.63, 3.8) is 0 Å². The van der Waals surface area contributed by atoms with Crippen molar-refractivity contribution in [1.82, 2.24) is 20.0 Å². The van der Waals surface area contributed by atoms with Crippen LogP contribution < -0.4 is 14.5 Å². The van der Waals surface area contributed by atoms with E-state index in [-0.39, 0.29) is 0 Å². The first-order chi connectivity index (χ1) is 15.1. The van der Waals surface area contributed by atoms with E-state index in [2.05, 4.69) is 19.9 Å². The van der Waals surface area contributed by atoms with Gasteiger partial charge in [-0.25, -0.2) is 4.98 Å². The summed E-state index contributed by atoms with van der Waals surface area (Å²) >= 11 is 0. The average Bonchev–Trinajstić information content (AvgIpc) is 3.30. The maximum Gasteiger partial charge on any atom is 0.233 e. The molecule has 1 fully saturated rings. The van der Waals surface area contributed by atoms with E-state index >= 15 is 0 Å². The highest BCUT2D eigenvalue weighted by Gasteiger charge is 2.20. The van der Waals surface area contributed by atoms with Gasteiger partial charge in [-0.3, -0.25) is 4.90 Å². The first-order valence-electron chi connectivity index (χ1n) is 10.3. The lowest BCUT2D eigenvalue weighted by Crippen LogP contribution is -2.37. The highest BCUT2D eigenvalue weighted by atomic mass is 16.5. The van der Waals surface area contributed by atoms with Crippen LogP contribution in [0.2, 0.25) is 0 Å². The van der Waals surface area contributed by atoms with Gasteiger partial charge in [-0.1, -0.05) is 5.16 Å². The van der Waals surface area contributed by atoms with Gasteiger partial charge in [0.1, 0.15) is 17.3 Å². The molecular weight excluding hydrogens is 396 g/mol. The quantitative estimate of drug-likeness (QED) is 0.542. The third-order valence-corrected chi connectivity index (χ3v) is 5.12. The number of hydrogen-bond donors (Lipinski definition) is 0. The van der Waals surface area contributed by atoms with Crippen LogP contribution in [0.3, 0.4) is 0 Å². The monoisotopic (exact) mass is 424 g/mol. The molecule has 9 nitrogen and oxygen atoms in total. The van der Waals surface area contributed by atoms with Crippen LogP contribution >= 0.6 is 0 Å². The molecule has 0 radical (unpaired) electrons. The number of nitrogens with zero attached hydrogens (tertiary/aromatic N) is 6. The van der Waals surface area contributed by atoms with Gasteiger partial charge in [-0.2, -0.15) is 4.98 Å². The molecule has 0 atom stereocenters. The van der Waals surface area contributed by atoms with Gasteiger partial charge < -0.3 is 23.8 Å². The van der Waals surface area contributed by atoms with E-state index in [0.29, 0.717) is 31.6 Å². The van der Waals surface area contributed by atoms with Gasteiger partial charge in [-0.05, 0) is 44.4 Å². The van der Waals surface area contributed by atoms with Crippen molar-refractivity contribution < 1.29 is 14.0 Å². The number of hydrogen-bond acceptors (Lipinski definition) is 9. The minimum atomic E-state index is 0.638. The van der Waals surface area contributed by atoms with Crippen LogP contribution in [0.15, 0.2) is 47.1 Å². The van der Waals surface area contributed by atoms with Crippen LogP contribution in [0, 0.1) is 0 Å². The minimum absolute atomic E-state index is 0.638. The van der Waals surface area contributed by atoms with Crippen LogP contribution in [0.1, 0.15) is 0 Å². The van der Waals surface area contributed by atoms with Gasteiger partial charge >= 0.3 is 0 Å². The molecule has 1 aliphatic heterocycles. The van der Waals surface area contributed by atoms with Gasteiger partial charge in [-0.15, -0.1) is 0 Å². The van der Waals surface area contributed by atoms with Gasteiger partial charge in [0.2, 0.25) is 11.8 Å². The molecule has 1 saturated heterocycles. The molecule has 3 aromatic rings. The summed E-state index contributed by atoms with van der Waals surface area (Å²) in [6.07, 6.45) is 1.79. The lowest BCUT2D eigenvalue weighted by Gasteiger charge is -2.28. The Bertz CT molecular complexity index is 969. The Balaban J connectivity index is 1.61. The topological polar surface area (TPSA) is 80.0 Å². The first kappa shape index (κ1) is 21.1. The molecule has 0 aliphatic carbocycles. The van der Waals surface area contributed by atoms with Crippen molar-refractivity contribution in [2.24, 2.45) is 0 Å². The Morgan fingerprint density at radius 1 is 1.06 bits per heavy atom. The number of likely N-dealkylation sites (N-methyl/N-ethyl adjacent to an activating group) is 1. The molecular formula is C22H28N6O3. The molecule has 1 aliphatic rings. The van der Waals surface area contributed by atoms with Crippen molar-refractivity contribution in [3.05, 3.63) is 42.6 Å². The smallest absolute Gasteiger partial charge is 0.233 e. The third kappa shape index (κ3) is 5.12. The number of benzene rings is 1. The molecule has 0 bridgehead atoms. The van der Waals surface area contributed by atoms with E-state index in [1.54, 1.807) is 13.3 Å². The summed E-state index contributed by atoms with van der Waals surface area (Å²) in [6.45, 7) is 4.46. The summed E-state index contributed by atoms with van der Waals surface area (Å²) in [5.41, 5.74) is 1.72. The summed E-state index contributed by atoms with van der Waals surface area (Å²) in [5, 5.41) is 4.29. The summed E-state index contributed by atoms with van der Waals surface area (Å²) in [6, 6.07) is 11.6. The largest absolute Gasteiger partial charge is 0.497 e. The molecule has 0 amide bonds. The SMILES string of the molecule is COc1ccc(-c2cc(N(CCN(C)C)c3ccnc(N4CCOCC4)n3)on2)cc1. The Hall–Kier alpha value is -3.17. The fourth-order valence-corrected chi connectivity index (χ4v) is 3.33. The Kier molecular flexibility index (Phi) is 6.63. The lowest BCUT2D eigenvalue weighted by molar-refractivity contribution is 0.122. The highest BCUT2D eigenvalue weighted by molar-refractivity contribution is 5.66. The fourth-order valence-electron chi connectivity index (χ4n) is 3.33. The second kappa shape index (κ2) is 9.76. The fraction of sp³-hybridized carbons (Fsp3) is 0.409. The second-order valence-electron chi connectivity index (χ2n) is 7.55. The first-order valence-corrected chi connectivity index (χ1v) is 10.3. The van der Waals surface area contributed by atoms with Gasteiger partial charge in [0.05, 0.1) is 20.3 Å². The molecule has 1 aromatic carbocycles. The molecule has 0 N–H and O–H groups in total. The van der Waals surface area contributed by atoms with Crippen molar-refractivity contribution in [2.45, 2.75) is 0 Å². The van der Waals surface area contributed by atoms with E-state index in [4.69, 9.17) is 19.0 Å². The Morgan fingerprint density at radius 3 is 2.55 bits per heavy atom. The number of aromatic nitrogens is 3. The van der Waals surface area contributed by atoms with Crippen LogP contribution in [-0.4, -0.2) is 80.6 Å². The van der Waals surface area contributed by atoms with Crippen LogP contribution in [-0.2, 0) is 4.74 Å². The number of anilines is 3. The molecule has 9 heteroatoms. The third-order valence-electron chi connectivity index (χ3n) is 5.12. The normalized spacial score (nSPS) is 14.1. The predicted octanol–water partition coefficient (Wildman–Crippen LogP) is 2.68. The lowest BCUT2D eigenvalue weighted by atomic mass is 10.1. The zero-order valence-corrected chi connectivity index (χ0v) is 18.2. The average molecular weight is 425 g/mol. The summed E-state index contributed by atoms with van der Waals surface area (Å²) in [5.74, 6) is 2.91. The molecule has 31 heavy (non-hydrogen) atoms. The number of morpholine rings is 1. The van der Waals surface area contributed by atoms with E-state index < -0.39 is 0 Å². The van der Waals surface area contributed by atoms with Crippen molar-refractivity contribution in [2.75, 3.05) is 70.4 Å². The minimum Gasteiger partial charge on any atom is -0.497 e. The molecule has 2 aromatic heterocycles. The second-order valence-corrected chi connectivity index (χ2v) is 7.55. The number of rotatable bonds is 8.